The maximum atomic E-state index is 13.4. The van der Waals surface area contributed by atoms with Gasteiger partial charge in [0.15, 0.2) is 5.76 Å². The molecule has 0 bridgehead atoms. The van der Waals surface area contributed by atoms with Crippen LogP contribution >= 0.6 is 0 Å². The van der Waals surface area contributed by atoms with Crippen molar-refractivity contribution in [3.63, 3.8) is 0 Å². The molecule has 1 heterocycles. The van der Waals surface area contributed by atoms with E-state index < -0.39 is 5.91 Å². The van der Waals surface area contributed by atoms with Crippen molar-refractivity contribution in [3.8, 4) is 0 Å². The highest BCUT2D eigenvalue weighted by Gasteiger charge is 2.18. The molecule has 0 saturated heterocycles. The fourth-order valence-corrected chi connectivity index (χ4v) is 2.68. The Morgan fingerprint density at radius 2 is 1.92 bits per heavy atom. The Hall–Kier alpha value is -3.15. The van der Waals surface area contributed by atoms with Crippen LogP contribution in [-0.2, 0) is 0 Å². The van der Waals surface area contributed by atoms with Crippen LogP contribution in [0.15, 0.2) is 46.9 Å². The van der Waals surface area contributed by atoms with E-state index in [4.69, 9.17) is 4.42 Å². The second kappa shape index (κ2) is 7.39. The molecule has 0 atom stereocenters. The van der Waals surface area contributed by atoms with Gasteiger partial charge in [-0.25, -0.2) is 4.39 Å². The van der Waals surface area contributed by atoms with Gasteiger partial charge in [-0.3, -0.25) is 9.59 Å². The molecule has 0 aliphatic rings. The summed E-state index contributed by atoms with van der Waals surface area (Å²) in [6.07, 6.45) is 0.841. The summed E-state index contributed by atoms with van der Waals surface area (Å²) in [6, 6.07) is 10.8. The normalized spacial score (nSPS) is 10.7. The molecule has 2 aromatic carbocycles. The SMILES string of the molecule is CCCNC(=O)c1cccc(NC(=O)c2oc3ccc(F)cc3c2C)c1. The van der Waals surface area contributed by atoms with Gasteiger partial charge in [-0.15, -0.1) is 0 Å². The van der Waals surface area contributed by atoms with E-state index in [-0.39, 0.29) is 17.5 Å². The van der Waals surface area contributed by atoms with Crippen LogP contribution in [0.4, 0.5) is 10.1 Å². The minimum absolute atomic E-state index is 0.117. The zero-order valence-electron chi connectivity index (χ0n) is 14.6. The number of hydrogen-bond donors (Lipinski definition) is 2. The fourth-order valence-electron chi connectivity index (χ4n) is 2.68. The number of carbonyl (C=O) groups is 2. The highest BCUT2D eigenvalue weighted by molar-refractivity contribution is 6.07. The number of halogens is 1. The molecule has 0 unspecified atom stereocenters. The summed E-state index contributed by atoms with van der Waals surface area (Å²) in [4.78, 5) is 24.6. The molecule has 6 heteroatoms. The van der Waals surface area contributed by atoms with E-state index in [1.807, 2.05) is 6.92 Å². The molecular weight excluding hydrogens is 335 g/mol. The van der Waals surface area contributed by atoms with E-state index in [9.17, 15) is 14.0 Å². The summed E-state index contributed by atoms with van der Waals surface area (Å²) in [6.45, 7) is 4.26. The van der Waals surface area contributed by atoms with E-state index in [0.29, 0.717) is 34.3 Å². The minimum Gasteiger partial charge on any atom is -0.451 e. The summed E-state index contributed by atoms with van der Waals surface area (Å²) in [7, 11) is 0. The molecule has 2 amide bonds. The first kappa shape index (κ1) is 17.7. The van der Waals surface area contributed by atoms with Crippen LogP contribution in [0.2, 0.25) is 0 Å². The number of carbonyl (C=O) groups excluding carboxylic acids is 2. The molecule has 0 aliphatic heterocycles. The van der Waals surface area contributed by atoms with Crippen LogP contribution in [0.1, 0.15) is 39.8 Å². The molecule has 0 spiro atoms. The van der Waals surface area contributed by atoms with Crippen molar-refractivity contribution < 1.29 is 18.4 Å². The summed E-state index contributed by atoms with van der Waals surface area (Å²) in [5.41, 5.74) is 1.94. The lowest BCUT2D eigenvalue weighted by molar-refractivity contribution is 0.0951. The Morgan fingerprint density at radius 1 is 1.12 bits per heavy atom. The van der Waals surface area contributed by atoms with Crippen LogP contribution in [0.25, 0.3) is 11.0 Å². The van der Waals surface area contributed by atoms with Crippen molar-refractivity contribution in [2.45, 2.75) is 20.3 Å². The Bertz CT molecular complexity index is 978. The van der Waals surface area contributed by atoms with Crippen molar-refractivity contribution in [3.05, 3.63) is 65.2 Å². The molecule has 3 rings (SSSR count). The molecule has 26 heavy (non-hydrogen) atoms. The Morgan fingerprint density at radius 3 is 2.69 bits per heavy atom. The second-order valence-corrected chi connectivity index (χ2v) is 5.99. The lowest BCUT2D eigenvalue weighted by Crippen LogP contribution is -2.24. The van der Waals surface area contributed by atoms with E-state index in [0.717, 1.165) is 6.42 Å². The first-order chi connectivity index (χ1) is 12.5. The lowest BCUT2D eigenvalue weighted by atomic mass is 10.1. The minimum atomic E-state index is -0.453. The number of nitrogens with one attached hydrogen (secondary N) is 2. The lowest BCUT2D eigenvalue weighted by Gasteiger charge is -2.07. The summed E-state index contributed by atoms with van der Waals surface area (Å²) >= 11 is 0. The van der Waals surface area contributed by atoms with Gasteiger partial charge in [0.2, 0.25) is 0 Å². The van der Waals surface area contributed by atoms with Gasteiger partial charge in [-0.1, -0.05) is 13.0 Å². The Labute approximate surface area is 150 Å². The number of rotatable bonds is 5. The van der Waals surface area contributed by atoms with Gasteiger partial charge in [0.1, 0.15) is 11.4 Å². The molecule has 0 fully saturated rings. The maximum absolute atomic E-state index is 13.4. The zero-order valence-corrected chi connectivity index (χ0v) is 14.6. The molecule has 0 saturated carbocycles. The number of fused-ring (bicyclic) bond motifs is 1. The molecule has 134 valence electrons. The quantitative estimate of drug-likeness (QED) is 0.719. The predicted molar refractivity (Wildman–Crippen MR) is 97.9 cm³/mol. The third kappa shape index (κ3) is 3.59. The monoisotopic (exact) mass is 354 g/mol. The van der Waals surface area contributed by atoms with Gasteiger partial charge in [-0.2, -0.15) is 0 Å². The third-order valence-electron chi connectivity index (χ3n) is 4.02. The zero-order chi connectivity index (χ0) is 18.7. The maximum Gasteiger partial charge on any atom is 0.291 e. The van der Waals surface area contributed by atoms with Crippen molar-refractivity contribution in [2.75, 3.05) is 11.9 Å². The van der Waals surface area contributed by atoms with Crippen molar-refractivity contribution in [2.24, 2.45) is 0 Å². The predicted octanol–water partition coefficient (Wildman–Crippen LogP) is 4.27. The van der Waals surface area contributed by atoms with Gasteiger partial charge in [-0.05, 0) is 49.7 Å². The number of amides is 2. The molecule has 0 radical (unpaired) electrons. The van der Waals surface area contributed by atoms with Crippen molar-refractivity contribution in [1.29, 1.82) is 0 Å². The molecule has 3 aromatic rings. The van der Waals surface area contributed by atoms with Crippen molar-refractivity contribution in [1.82, 2.24) is 5.32 Å². The van der Waals surface area contributed by atoms with Crippen LogP contribution < -0.4 is 10.6 Å². The molecular formula is C20H19FN2O3. The largest absolute Gasteiger partial charge is 0.451 e. The molecule has 1 aromatic heterocycles. The van der Waals surface area contributed by atoms with Crippen LogP contribution in [0.3, 0.4) is 0 Å². The van der Waals surface area contributed by atoms with Gasteiger partial charge in [0.25, 0.3) is 11.8 Å². The average Bonchev–Trinajstić information content (AvgIpc) is 2.96. The van der Waals surface area contributed by atoms with E-state index in [1.54, 1.807) is 31.2 Å². The van der Waals surface area contributed by atoms with Gasteiger partial charge >= 0.3 is 0 Å². The first-order valence-corrected chi connectivity index (χ1v) is 8.38. The molecule has 0 aliphatic carbocycles. The van der Waals surface area contributed by atoms with Crippen molar-refractivity contribution >= 4 is 28.5 Å². The molecule has 2 N–H and O–H groups in total. The van der Waals surface area contributed by atoms with Crippen LogP contribution in [0.5, 0.6) is 0 Å². The smallest absolute Gasteiger partial charge is 0.291 e. The Balaban J connectivity index is 1.82. The Kier molecular flexibility index (Phi) is 5.02. The number of anilines is 1. The standard InChI is InChI=1S/C20H19FN2O3/c1-3-9-22-19(24)13-5-4-6-15(10-13)23-20(25)18-12(2)16-11-14(21)7-8-17(16)26-18/h4-8,10-11H,3,9H2,1-2H3,(H,22,24)(H,23,25). The average molecular weight is 354 g/mol. The van der Waals surface area contributed by atoms with Gasteiger partial charge in [0.05, 0.1) is 0 Å². The highest BCUT2D eigenvalue weighted by atomic mass is 19.1. The number of benzene rings is 2. The topological polar surface area (TPSA) is 71.3 Å². The van der Waals surface area contributed by atoms with E-state index in [2.05, 4.69) is 10.6 Å². The van der Waals surface area contributed by atoms with Gasteiger partial charge < -0.3 is 15.1 Å². The summed E-state index contributed by atoms with van der Waals surface area (Å²) in [5, 5.41) is 6.07. The van der Waals surface area contributed by atoms with E-state index >= 15 is 0 Å². The molecule has 5 nitrogen and oxygen atoms in total. The third-order valence-corrected chi connectivity index (χ3v) is 4.02. The second-order valence-electron chi connectivity index (χ2n) is 5.99. The van der Waals surface area contributed by atoms with Crippen LogP contribution in [-0.4, -0.2) is 18.4 Å². The van der Waals surface area contributed by atoms with Gasteiger partial charge in [0, 0.05) is 28.7 Å². The van der Waals surface area contributed by atoms with Crippen LogP contribution in [0, 0.1) is 12.7 Å². The highest BCUT2D eigenvalue weighted by Crippen LogP contribution is 2.26. The number of hydrogen-bond acceptors (Lipinski definition) is 3. The number of furan rings is 1. The van der Waals surface area contributed by atoms with E-state index in [1.165, 1.54) is 18.2 Å². The first-order valence-electron chi connectivity index (χ1n) is 8.38. The fraction of sp³-hybridized carbons (Fsp3) is 0.200. The number of aryl methyl sites for hydroxylation is 1. The summed E-state index contributed by atoms with van der Waals surface area (Å²) < 4.78 is 19.0. The summed E-state index contributed by atoms with van der Waals surface area (Å²) in [5.74, 6) is -0.922.